The minimum Gasteiger partial charge on any atom is -0.394 e. The van der Waals surface area contributed by atoms with Crippen LogP contribution in [0.1, 0.15) is 31.7 Å². The number of nitrogens with zero attached hydrogens (tertiary/aromatic N) is 2. The first kappa shape index (κ1) is 21.0. The van der Waals surface area contributed by atoms with Crippen molar-refractivity contribution in [2.75, 3.05) is 18.1 Å². The average Bonchev–Trinajstić information content (AvgIpc) is 2.74. The summed E-state index contributed by atoms with van der Waals surface area (Å²) >= 11 is 0. The molecule has 1 fully saturated rings. The zero-order valence-electron chi connectivity index (χ0n) is 16.5. The predicted octanol–water partition coefficient (Wildman–Crippen LogP) is 2.41. The average molecular weight is 394 g/mol. The zero-order chi connectivity index (χ0) is 21.0. The molecule has 2 aromatic carbocycles. The summed E-state index contributed by atoms with van der Waals surface area (Å²) in [4.78, 5) is 14.7. The fraction of sp³-hybridized carbons (Fsp3) is 0.391. The van der Waals surface area contributed by atoms with Crippen molar-refractivity contribution >= 4 is 28.3 Å². The van der Waals surface area contributed by atoms with Gasteiger partial charge in [-0.1, -0.05) is 24.3 Å². The summed E-state index contributed by atoms with van der Waals surface area (Å²) < 4.78 is 0. The van der Waals surface area contributed by atoms with E-state index in [4.69, 9.17) is 5.11 Å². The van der Waals surface area contributed by atoms with Gasteiger partial charge in [0.05, 0.1) is 18.3 Å². The standard InChI is InChI=1S/C23H26N2O4/c1-15-9-10-25(15)20-4-2-3-17-6-5-16(12-19(17)20)11-18(13-24)21(27)7-8-22(28)23(29)14-26/h2-6,11-12,15,22-23,26,28-29H,7-10,14H2,1H3/b18-11+. The number of benzene rings is 2. The molecule has 1 heterocycles. The molecule has 1 saturated heterocycles. The Balaban J connectivity index is 1.83. The number of carbonyl (C=O) groups is 1. The van der Waals surface area contributed by atoms with Gasteiger partial charge in [0.2, 0.25) is 0 Å². The number of ketones is 1. The summed E-state index contributed by atoms with van der Waals surface area (Å²) in [6.07, 6.45) is 0.133. The molecule has 0 amide bonds. The maximum Gasteiger partial charge on any atom is 0.173 e. The number of hydrogen-bond donors (Lipinski definition) is 3. The molecule has 3 rings (SSSR count). The molecular formula is C23H26N2O4. The number of rotatable bonds is 8. The van der Waals surface area contributed by atoms with Gasteiger partial charge in [0.25, 0.3) is 0 Å². The highest BCUT2D eigenvalue weighted by molar-refractivity contribution is 6.04. The lowest BCUT2D eigenvalue weighted by atomic mass is 9.97. The first-order valence-electron chi connectivity index (χ1n) is 9.86. The molecule has 0 aliphatic carbocycles. The largest absolute Gasteiger partial charge is 0.394 e. The van der Waals surface area contributed by atoms with Gasteiger partial charge in [-0.2, -0.15) is 5.26 Å². The van der Waals surface area contributed by atoms with E-state index >= 15 is 0 Å². The van der Waals surface area contributed by atoms with E-state index in [-0.39, 0.29) is 18.4 Å². The lowest BCUT2D eigenvalue weighted by Crippen LogP contribution is -2.45. The van der Waals surface area contributed by atoms with Gasteiger partial charge < -0.3 is 20.2 Å². The Morgan fingerprint density at radius 3 is 2.72 bits per heavy atom. The molecule has 0 radical (unpaired) electrons. The molecule has 6 nitrogen and oxygen atoms in total. The van der Waals surface area contributed by atoms with Gasteiger partial charge in [-0.3, -0.25) is 4.79 Å². The van der Waals surface area contributed by atoms with E-state index in [1.54, 1.807) is 6.08 Å². The van der Waals surface area contributed by atoms with Crippen molar-refractivity contribution in [3.05, 3.63) is 47.5 Å². The number of nitriles is 1. The van der Waals surface area contributed by atoms with Crippen molar-refractivity contribution in [3.63, 3.8) is 0 Å². The Morgan fingerprint density at radius 2 is 2.10 bits per heavy atom. The molecule has 3 atom stereocenters. The van der Waals surface area contributed by atoms with Crippen LogP contribution >= 0.6 is 0 Å². The molecule has 2 aromatic rings. The normalized spacial score (nSPS) is 18.8. The minimum absolute atomic E-state index is 0.00448. The number of anilines is 1. The fourth-order valence-corrected chi connectivity index (χ4v) is 3.56. The number of fused-ring (bicyclic) bond motifs is 1. The summed E-state index contributed by atoms with van der Waals surface area (Å²) in [5.74, 6) is -0.401. The van der Waals surface area contributed by atoms with Gasteiger partial charge in [-0.25, -0.2) is 0 Å². The van der Waals surface area contributed by atoms with Gasteiger partial charge >= 0.3 is 0 Å². The van der Waals surface area contributed by atoms with Crippen LogP contribution in [0.2, 0.25) is 0 Å². The fourth-order valence-electron chi connectivity index (χ4n) is 3.56. The zero-order valence-corrected chi connectivity index (χ0v) is 16.5. The van der Waals surface area contributed by atoms with Crippen LogP contribution in [0, 0.1) is 11.3 Å². The Hall–Kier alpha value is -2.72. The maximum absolute atomic E-state index is 12.4. The van der Waals surface area contributed by atoms with Crippen molar-refractivity contribution in [2.24, 2.45) is 0 Å². The number of hydrogen-bond acceptors (Lipinski definition) is 6. The second kappa shape index (κ2) is 9.19. The van der Waals surface area contributed by atoms with Crippen molar-refractivity contribution in [1.29, 1.82) is 5.26 Å². The van der Waals surface area contributed by atoms with Crippen LogP contribution in [0.4, 0.5) is 5.69 Å². The highest BCUT2D eigenvalue weighted by atomic mass is 16.4. The van der Waals surface area contributed by atoms with Gasteiger partial charge in [0, 0.05) is 30.1 Å². The van der Waals surface area contributed by atoms with Gasteiger partial charge in [-0.15, -0.1) is 0 Å². The molecular weight excluding hydrogens is 368 g/mol. The molecule has 3 N–H and O–H groups in total. The highest BCUT2D eigenvalue weighted by Crippen LogP contribution is 2.33. The molecule has 3 unspecified atom stereocenters. The second-order valence-electron chi connectivity index (χ2n) is 7.54. The molecule has 6 heteroatoms. The van der Waals surface area contributed by atoms with E-state index in [0.717, 1.165) is 28.6 Å². The Bertz CT molecular complexity index is 963. The van der Waals surface area contributed by atoms with E-state index < -0.39 is 24.6 Å². The van der Waals surface area contributed by atoms with E-state index in [2.05, 4.69) is 17.9 Å². The molecule has 0 bridgehead atoms. The quantitative estimate of drug-likeness (QED) is 0.469. The van der Waals surface area contributed by atoms with E-state index in [1.807, 2.05) is 36.4 Å². The third kappa shape index (κ3) is 4.65. The first-order chi connectivity index (χ1) is 13.9. The molecule has 152 valence electrons. The third-order valence-electron chi connectivity index (χ3n) is 5.54. The third-order valence-corrected chi connectivity index (χ3v) is 5.54. The van der Waals surface area contributed by atoms with Crippen molar-refractivity contribution in [1.82, 2.24) is 0 Å². The monoisotopic (exact) mass is 394 g/mol. The molecule has 1 aliphatic rings. The lowest BCUT2D eigenvalue weighted by molar-refractivity contribution is -0.116. The van der Waals surface area contributed by atoms with Crippen LogP contribution in [-0.4, -0.2) is 52.5 Å². The summed E-state index contributed by atoms with van der Waals surface area (Å²) in [6.45, 7) is 2.64. The molecule has 0 aromatic heterocycles. The summed E-state index contributed by atoms with van der Waals surface area (Å²) in [5, 5.41) is 39.5. The molecule has 0 saturated carbocycles. The molecule has 1 aliphatic heterocycles. The van der Waals surface area contributed by atoms with Crippen LogP contribution in [0.15, 0.2) is 42.0 Å². The number of carbonyl (C=O) groups excluding carboxylic acids is 1. The number of allylic oxidation sites excluding steroid dienone is 1. The topological polar surface area (TPSA) is 105 Å². The SMILES string of the molecule is CC1CCN1c1cccc2ccc(/C=C(\C#N)C(=O)CCC(O)C(O)CO)cc12. The van der Waals surface area contributed by atoms with Gasteiger partial charge in [0.15, 0.2) is 5.78 Å². The summed E-state index contributed by atoms with van der Waals surface area (Å²) in [6, 6.07) is 14.5. The van der Waals surface area contributed by atoms with Crippen molar-refractivity contribution < 1.29 is 20.1 Å². The van der Waals surface area contributed by atoms with Crippen LogP contribution in [-0.2, 0) is 4.79 Å². The van der Waals surface area contributed by atoms with Crippen molar-refractivity contribution in [2.45, 2.75) is 44.4 Å². The number of Topliss-reactive ketones (excluding diaryl/α,β-unsaturated/α-hetero) is 1. The smallest absolute Gasteiger partial charge is 0.173 e. The first-order valence-corrected chi connectivity index (χ1v) is 9.86. The number of aliphatic hydroxyl groups is 3. The Morgan fingerprint density at radius 1 is 1.31 bits per heavy atom. The minimum atomic E-state index is -1.29. The Kier molecular flexibility index (Phi) is 6.65. The van der Waals surface area contributed by atoms with E-state index in [9.17, 15) is 20.3 Å². The predicted molar refractivity (Wildman–Crippen MR) is 112 cm³/mol. The van der Waals surface area contributed by atoms with Crippen LogP contribution in [0.25, 0.3) is 16.8 Å². The van der Waals surface area contributed by atoms with Crippen molar-refractivity contribution in [3.8, 4) is 6.07 Å². The number of aliphatic hydroxyl groups excluding tert-OH is 3. The van der Waals surface area contributed by atoms with E-state index in [0.29, 0.717) is 6.04 Å². The van der Waals surface area contributed by atoms with Crippen LogP contribution in [0.5, 0.6) is 0 Å². The maximum atomic E-state index is 12.4. The van der Waals surface area contributed by atoms with Gasteiger partial charge in [-0.05, 0) is 48.9 Å². The summed E-state index contributed by atoms with van der Waals surface area (Å²) in [5.41, 5.74) is 1.92. The van der Waals surface area contributed by atoms with Crippen LogP contribution < -0.4 is 4.90 Å². The van der Waals surface area contributed by atoms with Crippen LogP contribution in [0.3, 0.4) is 0 Å². The van der Waals surface area contributed by atoms with E-state index in [1.165, 1.54) is 6.42 Å². The lowest BCUT2D eigenvalue weighted by Gasteiger charge is -2.41. The highest BCUT2D eigenvalue weighted by Gasteiger charge is 2.25. The molecule has 0 spiro atoms. The summed E-state index contributed by atoms with van der Waals surface area (Å²) in [7, 11) is 0. The van der Waals surface area contributed by atoms with Gasteiger partial charge in [0.1, 0.15) is 12.2 Å². The molecule has 29 heavy (non-hydrogen) atoms. The Labute approximate surface area is 170 Å². The second-order valence-corrected chi connectivity index (χ2v) is 7.54.